The third-order valence-corrected chi connectivity index (χ3v) is 20.2. The van der Waals surface area contributed by atoms with Crippen LogP contribution in [0.25, 0.3) is 0 Å². The molecule has 0 bridgehead atoms. The van der Waals surface area contributed by atoms with Crippen LogP contribution in [0.4, 0.5) is 4.39 Å². The molecule has 0 saturated carbocycles. The first-order valence-electron chi connectivity index (χ1n) is 8.72. The summed E-state index contributed by atoms with van der Waals surface area (Å²) < 4.78 is 19.0. The van der Waals surface area contributed by atoms with Crippen LogP contribution >= 0.6 is 0 Å². The van der Waals surface area contributed by atoms with Gasteiger partial charge in [0, 0.05) is 0 Å². The SMILES string of the molecule is CCC[CH2][Sn]([CH2]CCC)([CH2]CCC)[c]1ncc(F)cc1C. The van der Waals surface area contributed by atoms with Gasteiger partial charge in [-0.3, -0.25) is 0 Å². The van der Waals surface area contributed by atoms with E-state index in [4.69, 9.17) is 0 Å². The quantitative estimate of drug-likeness (QED) is 0.467. The molecular formula is C18H32FNSn. The summed E-state index contributed by atoms with van der Waals surface area (Å²) >= 11 is -2.47. The molecule has 0 unspecified atom stereocenters. The van der Waals surface area contributed by atoms with E-state index in [-0.39, 0.29) is 5.82 Å². The summed E-state index contributed by atoms with van der Waals surface area (Å²) in [5.74, 6) is -0.182. The molecule has 0 aliphatic rings. The van der Waals surface area contributed by atoms with Gasteiger partial charge in [0.2, 0.25) is 0 Å². The van der Waals surface area contributed by atoms with Gasteiger partial charge in [-0.25, -0.2) is 0 Å². The molecule has 1 heterocycles. The number of hydrogen-bond acceptors (Lipinski definition) is 1. The first-order valence-corrected chi connectivity index (χ1v) is 16.2. The van der Waals surface area contributed by atoms with Gasteiger partial charge < -0.3 is 0 Å². The molecule has 0 atom stereocenters. The van der Waals surface area contributed by atoms with E-state index in [1.54, 1.807) is 6.07 Å². The molecule has 0 aromatic carbocycles. The standard InChI is InChI=1S/C6H5FN.3C4H9.Sn/c1-5-2-6(7)4-8-3-5;3*1-3-4-2;/h2,4H,1H3;3*1,3-4H2,2H3;. The second-order valence-corrected chi connectivity index (χ2v) is 19.4. The van der Waals surface area contributed by atoms with E-state index in [9.17, 15) is 4.39 Å². The van der Waals surface area contributed by atoms with Gasteiger partial charge in [0.25, 0.3) is 0 Å². The monoisotopic (exact) mass is 401 g/mol. The van der Waals surface area contributed by atoms with Crippen LogP contribution in [0, 0.1) is 12.7 Å². The number of pyridine rings is 1. The van der Waals surface area contributed by atoms with Crippen LogP contribution < -0.4 is 3.71 Å². The van der Waals surface area contributed by atoms with Crippen LogP contribution in [0.3, 0.4) is 0 Å². The molecule has 3 heteroatoms. The third kappa shape index (κ3) is 5.54. The van der Waals surface area contributed by atoms with Crippen molar-refractivity contribution in [2.45, 2.75) is 79.5 Å². The van der Waals surface area contributed by atoms with Crippen molar-refractivity contribution in [3.8, 4) is 0 Å². The molecule has 1 rings (SSSR count). The number of nitrogens with zero attached hydrogens (tertiary/aromatic N) is 1. The molecule has 0 aliphatic carbocycles. The maximum atomic E-state index is 13.5. The van der Waals surface area contributed by atoms with Gasteiger partial charge in [-0.1, -0.05) is 0 Å². The fourth-order valence-corrected chi connectivity index (χ4v) is 19.9. The van der Waals surface area contributed by atoms with Crippen LogP contribution in [-0.2, 0) is 0 Å². The topological polar surface area (TPSA) is 12.9 Å². The molecule has 1 aromatic heterocycles. The van der Waals surface area contributed by atoms with Crippen LogP contribution in [0.5, 0.6) is 0 Å². The second-order valence-electron chi connectivity index (χ2n) is 6.41. The van der Waals surface area contributed by atoms with Gasteiger partial charge in [-0.2, -0.15) is 0 Å². The second kappa shape index (κ2) is 9.81. The number of aryl methyl sites for hydroxylation is 1. The van der Waals surface area contributed by atoms with Crippen molar-refractivity contribution >= 4 is 22.1 Å². The molecule has 120 valence electrons. The van der Waals surface area contributed by atoms with Gasteiger partial charge in [-0.15, -0.1) is 0 Å². The summed E-state index contributed by atoms with van der Waals surface area (Å²) in [7, 11) is 0. The van der Waals surface area contributed by atoms with Crippen LogP contribution in [0.2, 0.25) is 13.3 Å². The summed E-state index contributed by atoms with van der Waals surface area (Å²) in [5, 5.41) is 0. The number of aromatic nitrogens is 1. The van der Waals surface area contributed by atoms with E-state index in [0.717, 1.165) is 5.56 Å². The van der Waals surface area contributed by atoms with Gasteiger partial charge in [0.15, 0.2) is 0 Å². The zero-order chi connectivity index (χ0) is 15.7. The average molecular weight is 400 g/mol. The predicted octanol–water partition coefficient (Wildman–Crippen LogP) is 5.59. The predicted molar refractivity (Wildman–Crippen MR) is 93.5 cm³/mol. The van der Waals surface area contributed by atoms with Gasteiger partial charge in [0.05, 0.1) is 0 Å². The fraction of sp³-hybridized carbons (Fsp3) is 0.722. The Balaban J connectivity index is 3.15. The zero-order valence-electron chi connectivity index (χ0n) is 14.3. The van der Waals surface area contributed by atoms with E-state index in [0.29, 0.717) is 0 Å². The Hall–Kier alpha value is -0.121. The van der Waals surface area contributed by atoms with E-state index < -0.39 is 18.4 Å². The van der Waals surface area contributed by atoms with E-state index in [2.05, 4.69) is 32.7 Å². The van der Waals surface area contributed by atoms with Crippen molar-refractivity contribution in [1.29, 1.82) is 0 Å². The molecule has 0 fully saturated rings. The summed E-state index contributed by atoms with van der Waals surface area (Å²) in [6.07, 6.45) is 9.20. The van der Waals surface area contributed by atoms with Crippen LogP contribution in [-0.4, -0.2) is 23.4 Å². The van der Waals surface area contributed by atoms with Crippen molar-refractivity contribution in [2.75, 3.05) is 0 Å². The maximum absolute atomic E-state index is 13.5. The normalized spacial score (nSPS) is 11.9. The van der Waals surface area contributed by atoms with Crippen LogP contribution in [0.15, 0.2) is 12.3 Å². The summed E-state index contributed by atoms with van der Waals surface area (Å²) in [5.41, 5.74) is 1.12. The molecule has 0 aliphatic heterocycles. The number of unbranched alkanes of at least 4 members (excludes halogenated alkanes) is 3. The molecule has 21 heavy (non-hydrogen) atoms. The molecule has 0 saturated heterocycles. The van der Waals surface area contributed by atoms with Gasteiger partial charge in [0.1, 0.15) is 0 Å². The Morgan fingerprint density at radius 3 is 1.81 bits per heavy atom. The average Bonchev–Trinajstić information content (AvgIpc) is 2.47. The molecule has 1 nitrogen and oxygen atoms in total. The molecular weight excluding hydrogens is 368 g/mol. The molecule has 0 radical (unpaired) electrons. The Morgan fingerprint density at radius 2 is 1.43 bits per heavy atom. The summed E-state index contributed by atoms with van der Waals surface area (Å²) in [4.78, 5) is 4.63. The summed E-state index contributed by atoms with van der Waals surface area (Å²) in [6.45, 7) is 8.91. The van der Waals surface area contributed by atoms with Crippen molar-refractivity contribution < 1.29 is 4.39 Å². The molecule has 0 spiro atoms. The third-order valence-electron chi connectivity index (χ3n) is 4.57. The minimum absolute atomic E-state index is 0.182. The molecule has 1 aromatic rings. The van der Waals surface area contributed by atoms with Crippen LogP contribution in [0.1, 0.15) is 64.9 Å². The zero-order valence-corrected chi connectivity index (χ0v) is 17.2. The Morgan fingerprint density at radius 1 is 0.952 bits per heavy atom. The molecule has 0 N–H and O–H groups in total. The van der Waals surface area contributed by atoms with Crippen molar-refractivity contribution in [3.63, 3.8) is 0 Å². The number of halogens is 1. The first kappa shape index (κ1) is 18.9. The Labute approximate surface area is 134 Å². The number of rotatable bonds is 10. The van der Waals surface area contributed by atoms with Crippen molar-refractivity contribution in [2.24, 2.45) is 0 Å². The summed E-state index contributed by atoms with van der Waals surface area (Å²) in [6, 6.07) is 1.71. The van der Waals surface area contributed by atoms with Crippen molar-refractivity contribution in [1.82, 2.24) is 4.98 Å². The number of hydrogen-bond donors (Lipinski definition) is 0. The van der Waals surface area contributed by atoms with Gasteiger partial charge in [-0.05, 0) is 0 Å². The van der Waals surface area contributed by atoms with E-state index >= 15 is 0 Å². The first-order chi connectivity index (χ1) is 10.1. The Bertz CT molecular complexity index is 398. The van der Waals surface area contributed by atoms with E-state index in [1.165, 1.54) is 61.7 Å². The Kier molecular flexibility index (Phi) is 8.84. The van der Waals surface area contributed by atoms with Gasteiger partial charge >= 0.3 is 135 Å². The van der Waals surface area contributed by atoms with Crippen molar-refractivity contribution in [3.05, 3.63) is 23.6 Å². The molecule has 0 amide bonds. The minimum atomic E-state index is -2.47. The van der Waals surface area contributed by atoms with E-state index in [1.807, 2.05) is 0 Å². The fourth-order valence-electron chi connectivity index (χ4n) is 3.37.